The van der Waals surface area contributed by atoms with Gasteiger partial charge in [0.05, 0.1) is 27.8 Å². The molecule has 0 aliphatic carbocycles. The lowest BCUT2D eigenvalue weighted by Crippen LogP contribution is -2.37. The molecule has 32 heavy (non-hydrogen) atoms. The average Bonchev–Trinajstić information content (AvgIpc) is 3.46. The first kappa shape index (κ1) is 22.8. The monoisotopic (exact) mass is 473 g/mol. The standard InChI is InChI=1S/C23H27N3O4S2/c1-4-16-7-5-9-20-21(16)24-23(31-20)26(15-18-8-6-14-30-18)22(27)17-10-12-19(13-11-17)32(28,29)25(2)3/h5,7,9-13,18H,4,6,8,14-15H2,1-3H3. The number of benzene rings is 2. The molecule has 1 amide bonds. The SMILES string of the molecule is CCc1cccc2sc(N(CC3CCCO3)C(=O)c3ccc(S(=O)(=O)N(C)C)cc3)nc12. The number of hydrogen-bond donors (Lipinski definition) is 0. The molecule has 0 N–H and O–H groups in total. The van der Waals surface area contributed by atoms with Crippen molar-refractivity contribution in [2.75, 3.05) is 32.1 Å². The van der Waals surface area contributed by atoms with E-state index >= 15 is 0 Å². The van der Waals surface area contributed by atoms with Crippen molar-refractivity contribution in [3.8, 4) is 0 Å². The van der Waals surface area contributed by atoms with Crippen LogP contribution in [0.4, 0.5) is 5.13 Å². The third kappa shape index (κ3) is 4.43. The van der Waals surface area contributed by atoms with Gasteiger partial charge in [0.1, 0.15) is 0 Å². The number of carbonyl (C=O) groups excluding carboxylic acids is 1. The van der Waals surface area contributed by atoms with E-state index in [4.69, 9.17) is 9.72 Å². The molecule has 0 spiro atoms. The second kappa shape index (κ2) is 9.27. The summed E-state index contributed by atoms with van der Waals surface area (Å²) in [5, 5.41) is 0.631. The molecule has 170 valence electrons. The summed E-state index contributed by atoms with van der Waals surface area (Å²) >= 11 is 1.49. The highest BCUT2D eigenvalue weighted by Gasteiger charge is 2.28. The number of nitrogens with zero attached hydrogens (tertiary/aromatic N) is 3. The lowest BCUT2D eigenvalue weighted by atomic mass is 10.1. The third-order valence-corrected chi connectivity index (χ3v) is 8.51. The Labute approximate surface area is 192 Å². The quantitative estimate of drug-likeness (QED) is 0.519. The van der Waals surface area contributed by atoms with Gasteiger partial charge >= 0.3 is 0 Å². The molecule has 2 heterocycles. The van der Waals surface area contributed by atoms with E-state index < -0.39 is 10.0 Å². The van der Waals surface area contributed by atoms with E-state index in [0.717, 1.165) is 39.3 Å². The largest absolute Gasteiger partial charge is 0.376 e. The van der Waals surface area contributed by atoms with Crippen molar-refractivity contribution >= 4 is 42.6 Å². The number of hydrogen-bond acceptors (Lipinski definition) is 6. The smallest absolute Gasteiger partial charge is 0.260 e. The summed E-state index contributed by atoms with van der Waals surface area (Å²) in [6.07, 6.45) is 2.70. The van der Waals surface area contributed by atoms with Gasteiger partial charge in [0.2, 0.25) is 10.0 Å². The van der Waals surface area contributed by atoms with Gasteiger partial charge in [0.25, 0.3) is 5.91 Å². The van der Waals surface area contributed by atoms with E-state index in [2.05, 4.69) is 13.0 Å². The second-order valence-corrected chi connectivity index (χ2v) is 11.1. The lowest BCUT2D eigenvalue weighted by molar-refractivity contribution is 0.0917. The Balaban J connectivity index is 1.70. The Morgan fingerprint density at radius 2 is 1.94 bits per heavy atom. The normalized spacial score (nSPS) is 16.7. The fourth-order valence-corrected chi connectivity index (χ4v) is 5.69. The van der Waals surface area contributed by atoms with Crippen LogP contribution >= 0.6 is 11.3 Å². The molecule has 0 saturated carbocycles. The molecule has 3 aromatic rings. The van der Waals surface area contributed by atoms with E-state index in [1.54, 1.807) is 17.0 Å². The Bertz CT molecular complexity index is 1210. The van der Waals surface area contributed by atoms with Crippen molar-refractivity contribution in [2.24, 2.45) is 0 Å². The first-order chi connectivity index (χ1) is 15.3. The van der Waals surface area contributed by atoms with Crippen molar-refractivity contribution in [3.63, 3.8) is 0 Å². The zero-order valence-corrected chi connectivity index (χ0v) is 20.1. The molecule has 7 nitrogen and oxygen atoms in total. The number of fused-ring (bicyclic) bond motifs is 1. The van der Waals surface area contributed by atoms with E-state index in [-0.39, 0.29) is 16.9 Å². The summed E-state index contributed by atoms with van der Waals surface area (Å²) in [7, 11) is -0.594. The van der Waals surface area contributed by atoms with Crippen LogP contribution in [0, 0.1) is 0 Å². The summed E-state index contributed by atoms with van der Waals surface area (Å²) in [5.74, 6) is -0.216. The first-order valence-electron chi connectivity index (χ1n) is 10.7. The zero-order valence-electron chi connectivity index (χ0n) is 18.4. The summed E-state index contributed by atoms with van der Waals surface area (Å²) in [6, 6.07) is 12.2. The Kier molecular flexibility index (Phi) is 6.62. The molecule has 1 fully saturated rings. The topological polar surface area (TPSA) is 79.8 Å². The minimum atomic E-state index is -3.56. The van der Waals surface area contributed by atoms with Crippen molar-refractivity contribution in [1.82, 2.24) is 9.29 Å². The number of para-hydroxylation sites is 1. The number of aryl methyl sites for hydroxylation is 1. The minimum Gasteiger partial charge on any atom is -0.376 e. The predicted molar refractivity (Wildman–Crippen MR) is 127 cm³/mol. The number of aromatic nitrogens is 1. The number of anilines is 1. The van der Waals surface area contributed by atoms with Gasteiger partial charge in [-0.3, -0.25) is 9.69 Å². The van der Waals surface area contributed by atoms with Crippen LogP contribution in [0.1, 0.15) is 35.7 Å². The molecule has 1 unspecified atom stereocenters. The fraction of sp³-hybridized carbons (Fsp3) is 0.391. The van der Waals surface area contributed by atoms with Gasteiger partial charge in [0.15, 0.2) is 5.13 Å². The van der Waals surface area contributed by atoms with E-state index in [1.165, 1.54) is 37.6 Å². The highest BCUT2D eigenvalue weighted by molar-refractivity contribution is 7.89. The van der Waals surface area contributed by atoms with E-state index in [9.17, 15) is 13.2 Å². The number of sulfonamides is 1. The molecule has 0 radical (unpaired) electrons. The number of ether oxygens (including phenoxy) is 1. The maximum atomic E-state index is 13.5. The summed E-state index contributed by atoms with van der Waals surface area (Å²) in [4.78, 5) is 20.2. The van der Waals surface area contributed by atoms with Crippen LogP contribution < -0.4 is 4.90 Å². The second-order valence-electron chi connectivity index (χ2n) is 7.98. The van der Waals surface area contributed by atoms with Gasteiger partial charge in [-0.1, -0.05) is 30.4 Å². The van der Waals surface area contributed by atoms with E-state index in [0.29, 0.717) is 23.8 Å². The zero-order chi connectivity index (χ0) is 22.9. The van der Waals surface area contributed by atoms with Crippen LogP contribution in [0.25, 0.3) is 10.2 Å². The number of amides is 1. The molecule has 4 rings (SSSR count). The van der Waals surface area contributed by atoms with E-state index in [1.807, 2.05) is 12.1 Å². The van der Waals surface area contributed by atoms with Crippen molar-refractivity contribution in [2.45, 2.75) is 37.2 Å². The third-order valence-electron chi connectivity index (χ3n) is 5.64. The Morgan fingerprint density at radius 1 is 1.19 bits per heavy atom. The average molecular weight is 474 g/mol. The maximum Gasteiger partial charge on any atom is 0.260 e. The molecule has 9 heteroatoms. The van der Waals surface area contributed by atoms with Crippen LogP contribution in [0.3, 0.4) is 0 Å². The molecular formula is C23H27N3O4S2. The fourth-order valence-electron chi connectivity index (χ4n) is 3.77. The van der Waals surface area contributed by atoms with Crippen molar-refractivity contribution in [3.05, 3.63) is 53.6 Å². The maximum absolute atomic E-state index is 13.5. The van der Waals surface area contributed by atoms with Gasteiger partial charge < -0.3 is 4.74 Å². The summed E-state index contributed by atoms with van der Waals surface area (Å²) in [6.45, 7) is 3.20. The molecule has 1 aromatic heterocycles. The van der Waals surface area contributed by atoms with Crippen molar-refractivity contribution < 1.29 is 17.9 Å². The Hall–Kier alpha value is -2.33. The molecule has 1 aliphatic heterocycles. The predicted octanol–water partition coefficient (Wildman–Crippen LogP) is 3.93. The summed E-state index contributed by atoms with van der Waals surface area (Å²) in [5.41, 5.74) is 2.48. The van der Waals surface area contributed by atoms with Gasteiger partial charge in [-0.15, -0.1) is 0 Å². The molecule has 2 aromatic carbocycles. The Morgan fingerprint density at radius 3 is 2.56 bits per heavy atom. The van der Waals surface area contributed by atoms with Gasteiger partial charge in [-0.25, -0.2) is 17.7 Å². The number of carbonyl (C=O) groups is 1. The number of rotatable bonds is 7. The minimum absolute atomic E-state index is 0.0370. The van der Waals surface area contributed by atoms with Crippen LogP contribution in [0.15, 0.2) is 47.4 Å². The molecule has 1 saturated heterocycles. The lowest BCUT2D eigenvalue weighted by Gasteiger charge is -2.23. The van der Waals surface area contributed by atoms with Crippen LogP contribution in [-0.4, -0.2) is 57.0 Å². The molecule has 1 atom stereocenters. The summed E-state index contributed by atoms with van der Waals surface area (Å²) < 4.78 is 32.7. The highest BCUT2D eigenvalue weighted by Crippen LogP contribution is 2.33. The van der Waals surface area contributed by atoms with Crippen LogP contribution in [0.2, 0.25) is 0 Å². The van der Waals surface area contributed by atoms with Gasteiger partial charge in [0, 0.05) is 26.3 Å². The van der Waals surface area contributed by atoms with Crippen molar-refractivity contribution in [1.29, 1.82) is 0 Å². The first-order valence-corrected chi connectivity index (χ1v) is 12.9. The molecule has 0 bridgehead atoms. The molecular weight excluding hydrogens is 446 g/mol. The van der Waals surface area contributed by atoms with Crippen LogP contribution in [0.5, 0.6) is 0 Å². The van der Waals surface area contributed by atoms with Gasteiger partial charge in [-0.2, -0.15) is 0 Å². The number of thiazole rings is 1. The molecule has 1 aliphatic rings. The highest BCUT2D eigenvalue weighted by atomic mass is 32.2. The van der Waals surface area contributed by atoms with Crippen LogP contribution in [-0.2, 0) is 21.2 Å². The van der Waals surface area contributed by atoms with Gasteiger partial charge in [-0.05, 0) is 55.2 Å².